The largest absolute Gasteiger partial charge is 0.507 e. The molecule has 8 heteroatoms. The molecule has 0 radical (unpaired) electrons. The number of aryl methyl sites for hydroxylation is 1. The van der Waals surface area contributed by atoms with Gasteiger partial charge in [-0.15, -0.1) is 0 Å². The second-order valence-corrected chi connectivity index (χ2v) is 7.19. The molecule has 1 aliphatic heterocycles. The number of ether oxygens (including phenoxy) is 1. The fourth-order valence-electron chi connectivity index (χ4n) is 3.42. The quantitative estimate of drug-likeness (QED) is 0.822. The molecule has 1 aromatic heterocycles. The first-order chi connectivity index (χ1) is 13.5. The zero-order valence-corrected chi connectivity index (χ0v) is 15.6. The highest BCUT2D eigenvalue weighted by Crippen LogP contribution is 2.31. The number of aromatic hydroxyl groups is 1. The number of phenols is 1. The Morgan fingerprint density at radius 2 is 2.07 bits per heavy atom. The Labute approximate surface area is 162 Å². The molecule has 0 spiro atoms. The molecule has 1 atom stereocenters. The maximum absolute atomic E-state index is 12.6. The van der Waals surface area contributed by atoms with Crippen molar-refractivity contribution in [3.05, 3.63) is 41.9 Å². The number of amides is 2. The molecule has 28 heavy (non-hydrogen) atoms. The smallest absolute Gasteiger partial charge is 0.263 e. The van der Waals surface area contributed by atoms with Crippen LogP contribution in [-0.4, -0.2) is 50.5 Å². The highest BCUT2D eigenvalue weighted by atomic mass is 16.5. The minimum absolute atomic E-state index is 0.00120. The number of carbonyl (C=O) groups excluding carboxylic acids is 2. The molecule has 1 aliphatic carbocycles. The predicted octanol–water partition coefficient (Wildman–Crippen LogP) is 2.28. The van der Waals surface area contributed by atoms with E-state index < -0.39 is 12.0 Å². The van der Waals surface area contributed by atoms with E-state index in [9.17, 15) is 14.7 Å². The van der Waals surface area contributed by atoms with Crippen LogP contribution in [0.3, 0.4) is 0 Å². The third-order valence-electron chi connectivity index (χ3n) is 5.22. The second-order valence-electron chi connectivity index (χ2n) is 7.19. The molecule has 1 saturated carbocycles. The van der Waals surface area contributed by atoms with Gasteiger partial charge in [0.1, 0.15) is 11.5 Å². The molecule has 1 unspecified atom stereocenters. The number of carbonyl (C=O) groups is 2. The van der Waals surface area contributed by atoms with Gasteiger partial charge in [0.05, 0.1) is 23.7 Å². The van der Waals surface area contributed by atoms with Crippen molar-refractivity contribution in [2.24, 2.45) is 0 Å². The molecule has 0 bridgehead atoms. The Kier molecular flexibility index (Phi) is 4.85. The summed E-state index contributed by atoms with van der Waals surface area (Å²) < 4.78 is 5.84. The van der Waals surface area contributed by atoms with Crippen LogP contribution in [0.4, 0.5) is 5.82 Å². The number of nitrogens with one attached hydrogen (secondary N) is 1. The van der Waals surface area contributed by atoms with E-state index in [0.29, 0.717) is 24.8 Å². The number of rotatable bonds is 5. The van der Waals surface area contributed by atoms with Gasteiger partial charge in [-0.2, -0.15) is 0 Å². The molecular formula is C20H22N4O4. The lowest BCUT2D eigenvalue weighted by molar-refractivity contribution is -0.136. The van der Waals surface area contributed by atoms with E-state index in [4.69, 9.17) is 4.74 Å². The van der Waals surface area contributed by atoms with E-state index in [0.717, 1.165) is 18.5 Å². The number of nitrogens with zero attached hydrogens (tertiary/aromatic N) is 3. The van der Waals surface area contributed by atoms with Crippen LogP contribution in [0.1, 0.15) is 41.7 Å². The van der Waals surface area contributed by atoms with E-state index in [1.807, 2.05) is 4.90 Å². The van der Waals surface area contributed by atoms with E-state index in [1.165, 1.54) is 30.9 Å². The third-order valence-corrected chi connectivity index (χ3v) is 5.22. The van der Waals surface area contributed by atoms with Gasteiger partial charge in [-0.05, 0) is 44.4 Å². The number of phenolic OH excluding ortho intramolecular Hbond substituents is 1. The van der Waals surface area contributed by atoms with Crippen LogP contribution in [0, 0.1) is 6.92 Å². The number of hydrogen-bond acceptors (Lipinski definition) is 6. The molecule has 4 rings (SSSR count). The summed E-state index contributed by atoms with van der Waals surface area (Å²) in [6.07, 6.45) is 6.33. The van der Waals surface area contributed by atoms with Gasteiger partial charge in [0.15, 0.2) is 11.9 Å². The molecule has 2 aliphatic rings. The van der Waals surface area contributed by atoms with E-state index in [1.54, 1.807) is 13.0 Å². The zero-order valence-electron chi connectivity index (χ0n) is 15.6. The van der Waals surface area contributed by atoms with Gasteiger partial charge in [0, 0.05) is 19.0 Å². The summed E-state index contributed by atoms with van der Waals surface area (Å²) >= 11 is 0. The van der Waals surface area contributed by atoms with Crippen molar-refractivity contribution in [1.29, 1.82) is 0 Å². The normalized spacial score (nSPS) is 19.4. The summed E-state index contributed by atoms with van der Waals surface area (Å²) in [6.45, 7) is 2.49. The summed E-state index contributed by atoms with van der Waals surface area (Å²) in [4.78, 5) is 35.1. The minimum Gasteiger partial charge on any atom is -0.507 e. The molecule has 2 amide bonds. The van der Waals surface area contributed by atoms with Gasteiger partial charge in [-0.25, -0.2) is 4.98 Å². The van der Waals surface area contributed by atoms with Gasteiger partial charge < -0.3 is 20.1 Å². The average Bonchev–Trinajstić information content (AvgIpc) is 2.98. The van der Waals surface area contributed by atoms with E-state index in [-0.39, 0.29) is 23.0 Å². The van der Waals surface area contributed by atoms with Crippen LogP contribution >= 0.6 is 0 Å². The van der Waals surface area contributed by atoms with Crippen molar-refractivity contribution >= 4 is 17.6 Å². The molecule has 2 heterocycles. The molecule has 2 fully saturated rings. The fourth-order valence-corrected chi connectivity index (χ4v) is 3.42. The molecule has 146 valence electrons. The third kappa shape index (κ3) is 3.62. The van der Waals surface area contributed by atoms with Gasteiger partial charge in [0.25, 0.3) is 11.8 Å². The van der Waals surface area contributed by atoms with Crippen molar-refractivity contribution < 1.29 is 19.4 Å². The summed E-state index contributed by atoms with van der Waals surface area (Å²) in [7, 11) is 0. The van der Waals surface area contributed by atoms with Crippen LogP contribution < -0.4 is 10.1 Å². The van der Waals surface area contributed by atoms with Gasteiger partial charge in [-0.3, -0.25) is 14.6 Å². The van der Waals surface area contributed by atoms with Gasteiger partial charge in [-0.1, -0.05) is 0 Å². The first kappa shape index (κ1) is 18.2. The molecule has 2 aromatic rings. The van der Waals surface area contributed by atoms with Crippen molar-refractivity contribution in [3.8, 4) is 11.5 Å². The number of benzene rings is 1. The summed E-state index contributed by atoms with van der Waals surface area (Å²) in [5.41, 5.74) is 0.773. The molecule has 8 nitrogen and oxygen atoms in total. The predicted molar refractivity (Wildman–Crippen MR) is 101 cm³/mol. The monoisotopic (exact) mass is 382 g/mol. The number of anilines is 1. The number of hydrogen-bond donors (Lipinski definition) is 2. The maximum Gasteiger partial charge on any atom is 0.263 e. The lowest BCUT2D eigenvalue weighted by atomic mass is 9.92. The molecule has 1 saturated heterocycles. The Hall–Kier alpha value is -3.16. The van der Waals surface area contributed by atoms with Gasteiger partial charge >= 0.3 is 0 Å². The van der Waals surface area contributed by atoms with Crippen LogP contribution in [0.15, 0.2) is 30.6 Å². The second kappa shape index (κ2) is 7.46. The first-order valence-electron chi connectivity index (χ1n) is 9.41. The number of likely N-dealkylation sites (tertiary alicyclic amines) is 1. The lowest BCUT2D eigenvalue weighted by Gasteiger charge is -2.34. The van der Waals surface area contributed by atoms with Crippen molar-refractivity contribution in [2.75, 3.05) is 11.9 Å². The maximum atomic E-state index is 12.6. The Morgan fingerprint density at radius 1 is 1.25 bits per heavy atom. The summed E-state index contributed by atoms with van der Waals surface area (Å²) in [6, 6.07) is 4.72. The Morgan fingerprint density at radius 3 is 2.75 bits per heavy atom. The Bertz CT molecular complexity index is 896. The van der Waals surface area contributed by atoms with Gasteiger partial charge in [0.2, 0.25) is 0 Å². The molecule has 1 aromatic carbocycles. The van der Waals surface area contributed by atoms with Crippen LogP contribution in [-0.2, 0) is 4.79 Å². The fraction of sp³-hybridized carbons (Fsp3) is 0.400. The zero-order chi connectivity index (χ0) is 19.7. The lowest BCUT2D eigenvalue weighted by Crippen LogP contribution is -2.43. The van der Waals surface area contributed by atoms with Crippen molar-refractivity contribution in [2.45, 2.75) is 44.8 Å². The van der Waals surface area contributed by atoms with Crippen LogP contribution in [0.2, 0.25) is 0 Å². The van der Waals surface area contributed by atoms with Crippen molar-refractivity contribution in [3.63, 3.8) is 0 Å². The molecular weight excluding hydrogens is 360 g/mol. The Balaban J connectivity index is 1.45. The SMILES string of the molecule is Cc1cnc(NC(=O)c2cc(OC3CCN(C4CCC4)C3=O)ccc2O)cn1. The highest BCUT2D eigenvalue weighted by molar-refractivity contribution is 6.05. The van der Waals surface area contributed by atoms with Crippen LogP contribution in [0.5, 0.6) is 11.5 Å². The van der Waals surface area contributed by atoms with E-state index in [2.05, 4.69) is 15.3 Å². The molecule has 2 N–H and O–H groups in total. The standard InChI is InChI=1S/C20H22N4O4/c1-12-10-22-18(11-21-12)23-19(26)15-9-14(5-6-16(15)25)28-17-7-8-24(20(17)27)13-3-2-4-13/h5-6,9-11,13,17,25H,2-4,7-8H2,1H3,(H,22,23,26). The number of aromatic nitrogens is 2. The summed E-state index contributed by atoms with van der Waals surface area (Å²) in [5.74, 6) is -0.0670. The first-order valence-corrected chi connectivity index (χ1v) is 9.41. The minimum atomic E-state index is -0.552. The highest BCUT2D eigenvalue weighted by Gasteiger charge is 2.39. The summed E-state index contributed by atoms with van der Waals surface area (Å²) in [5, 5.41) is 12.7. The van der Waals surface area contributed by atoms with Crippen molar-refractivity contribution in [1.82, 2.24) is 14.9 Å². The van der Waals surface area contributed by atoms with E-state index >= 15 is 0 Å². The van der Waals surface area contributed by atoms with Crippen LogP contribution in [0.25, 0.3) is 0 Å². The average molecular weight is 382 g/mol. The topological polar surface area (TPSA) is 105 Å².